The fourth-order valence-corrected chi connectivity index (χ4v) is 4.52. The number of anilines is 1. The van der Waals surface area contributed by atoms with Crippen LogP contribution in [0.2, 0.25) is 0 Å². The molecule has 1 aromatic heterocycles. The third-order valence-electron chi connectivity index (χ3n) is 5.75. The van der Waals surface area contributed by atoms with Gasteiger partial charge in [0.1, 0.15) is 0 Å². The Morgan fingerprint density at radius 1 is 1.21 bits per heavy atom. The number of carbonyl (C=O) groups is 1. The van der Waals surface area contributed by atoms with Crippen LogP contribution in [0, 0.1) is 0 Å². The molecule has 0 amide bonds. The zero-order valence-electron chi connectivity index (χ0n) is 16.2. The van der Waals surface area contributed by atoms with Crippen LogP contribution in [-0.2, 0) is 4.79 Å². The molecule has 0 spiro atoms. The Hall–Kier alpha value is -3.34. The number of phenols is 1. The lowest BCUT2D eigenvalue weighted by Gasteiger charge is -2.35. The minimum atomic E-state index is -0.265. The van der Waals surface area contributed by atoms with E-state index in [4.69, 9.17) is 4.74 Å². The summed E-state index contributed by atoms with van der Waals surface area (Å²) in [4.78, 5) is 17.5. The van der Waals surface area contributed by atoms with E-state index >= 15 is 0 Å². The molecule has 2 aliphatic rings. The van der Waals surface area contributed by atoms with Crippen LogP contribution in [0.25, 0.3) is 16.5 Å². The smallest absolute Gasteiger partial charge is 0.161 e. The monoisotopic (exact) mass is 386 g/mol. The summed E-state index contributed by atoms with van der Waals surface area (Å²) >= 11 is 0. The summed E-state index contributed by atoms with van der Waals surface area (Å²) in [6, 6.07) is 13.1. The minimum absolute atomic E-state index is 0.105. The summed E-state index contributed by atoms with van der Waals surface area (Å²) in [5.41, 5.74) is 5.89. The van der Waals surface area contributed by atoms with Crippen molar-refractivity contribution in [2.75, 3.05) is 11.9 Å². The van der Waals surface area contributed by atoms with Crippen LogP contribution < -0.4 is 10.1 Å². The number of nitrogens with one attached hydrogen (secondary N) is 1. The molecule has 2 heterocycles. The molecule has 0 unspecified atom stereocenters. The van der Waals surface area contributed by atoms with E-state index in [1.165, 1.54) is 0 Å². The first-order chi connectivity index (χ1) is 14.2. The summed E-state index contributed by atoms with van der Waals surface area (Å²) in [6.07, 6.45) is 4.09. The van der Waals surface area contributed by atoms with Gasteiger partial charge < -0.3 is 15.2 Å². The minimum Gasteiger partial charge on any atom is -0.504 e. The average molecular weight is 386 g/mol. The number of hydrogen-bond donors (Lipinski definition) is 2. The molecule has 0 radical (unpaired) electrons. The van der Waals surface area contributed by atoms with Gasteiger partial charge in [0.05, 0.1) is 18.2 Å². The zero-order valence-corrected chi connectivity index (χ0v) is 16.2. The van der Waals surface area contributed by atoms with E-state index in [-0.39, 0.29) is 17.6 Å². The maximum absolute atomic E-state index is 13.0. The lowest BCUT2D eigenvalue weighted by molar-refractivity contribution is -0.116. The third-order valence-corrected chi connectivity index (χ3v) is 5.75. The van der Waals surface area contributed by atoms with Crippen molar-refractivity contribution in [1.29, 1.82) is 0 Å². The second kappa shape index (κ2) is 6.92. The van der Waals surface area contributed by atoms with E-state index in [1.54, 1.807) is 12.3 Å². The standard InChI is InChI=1S/C24H22N2O3/c1-2-29-21-13-14(8-11-19(21)27)24-23-16(5-3-7-20(23)28)22-15-6-4-12-25-17(15)9-10-18(22)26-24/h4,6,8-13,24,26-27H,2-3,5,7H2,1H3/t24-/m0/s1. The van der Waals surface area contributed by atoms with Crippen LogP contribution in [-0.4, -0.2) is 22.5 Å². The van der Waals surface area contributed by atoms with Gasteiger partial charge in [0, 0.05) is 34.8 Å². The van der Waals surface area contributed by atoms with Crippen molar-refractivity contribution in [2.45, 2.75) is 32.2 Å². The number of ketones is 1. The van der Waals surface area contributed by atoms with Crippen molar-refractivity contribution in [3.8, 4) is 11.5 Å². The van der Waals surface area contributed by atoms with Crippen LogP contribution in [0.5, 0.6) is 11.5 Å². The van der Waals surface area contributed by atoms with Crippen LogP contribution in [0.1, 0.15) is 43.4 Å². The summed E-state index contributed by atoms with van der Waals surface area (Å²) in [5.74, 6) is 0.722. The van der Waals surface area contributed by atoms with Gasteiger partial charge in [-0.15, -0.1) is 0 Å². The molecule has 5 rings (SSSR count). The van der Waals surface area contributed by atoms with Gasteiger partial charge in [-0.2, -0.15) is 0 Å². The lowest BCUT2D eigenvalue weighted by Crippen LogP contribution is -2.27. The summed E-state index contributed by atoms with van der Waals surface area (Å²) in [6.45, 7) is 2.34. The molecule has 1 aliphatic carbocycles. The van der Waals surface area contributed by atoms with Gasteiger partial charge in [-0.25, -0.2) is 0 Å². The molecule has 5 heteroatoms. The van der Waals surface area contributed by atoms with Crippen LogP contribution in [0.15, 0.2) is 54.2 Å². The zero-order chi connectivity index (χ0) is 20.0. The number of fused-ring (bicyclic) bond motifs is 4. The second-order valence-electron chi connectivity index (χ2n) is 7.46. The second-order valence-corrected chi connectivity index (χ2v) is 7.46. The average Bonchev–Trinajstić information content (AvgIpc) is 2.74. The topological polar surface area (TPSA) is 71.5 Å². The molecule has 0 bridgehead atoms. The van der Waals surface area contributed by atoms with E-state index in [2.05, 4.69) is 16.4 Å². The maximum atomic E-state index is 13.0. The molecule has 3 aromatic rings. The van der Waals surface area contributed by atoms with E-state index < -0.39 is 0 Å². The van der Waals surface area contributed by atoms with Crippen LogP contribution in [0.4, 0.5) is 5.69 Å². The first kappa shape index (κ1) is 17.7. The number of aromatic hydroxyl groups is 1. The Bertz CT molecular complexity index is 1170. The first-order valence-electron chi connectivity index (χ1n) is 10.0. The maximum Gasteiger partial charge on any atom is 0.161 e. The lowest BCUT2D eigenvalue weighted by atomic mass is 9.77. The van der Waals surface area contributed by atoms with Crippen molar-refractivity contribution < 1.29 is 14.6 Å². The largest absolute Gasteiger partial charge is 0.504 e. The number of aromatic nitrogens is 1. The molecule has 2 N–H and O–H groups in total. The van der Waals surface area contributed by atoms with Crippen molar-refractivity contribution in [1.82, 2.24) is 4.98 Å². The Labute approximate surface area is 169 Å². The number of allylic oxidation sites excluding steroid dienone is 1. The van der Waals surface area contributed by atoms with Gasteiger partial charge in [0.25, 0.3) is 0 Å². The van der Waals surface area contributed by atoms with Crippen molar-refractivity contribution in [2.24, 2.45) is 0 Å². The Morgan fingerprint density at radius 2 is 2.10 bits per heavy atom. The number of phenolic OH excluding ortho intramolecular Hbond substituents is 1. The molecular formula is C24H22N2O3. The van der Waals surface area contributed by atoms with E-state index in [0.29, 0.717) is 18.8 Å². The van der Waals surface area contributed by atoms with E-state index in [0.717, 1.165) is 51.7 Å². The highest BCUT2D eigenvalue weighted by molar-refractivity contribution is 6.12. The number of ether oxygens (including phenoxy) is 1. The fraction of sp³-hybridized carbons (Fsp3) is 0.250. The van der Waals surface area contributed by atoms with Crippen LogP contribution in [0.3, 0.4) is 0 Å². The van der Waals surface area contributed by atoms with Gasteiger partial charge in [0.2, 0.25) is 0 Å². The molecule has 1 atom stereocenters. The van der Waals surface area contributed by atoms with Crippen molar-refractivity contribution in [3.05, 3.63) is 65.4 Å². The van der Waals surface area contributed by atoms with Crippen molar-refractivity contribution in [3.63, 3.8) is 0 Å². The molecular weight excluding hydrogens is 364 g/mol. The Balaban J connectivity index is 1.72. The molecule has 2 aromatic carbocycles. The van der Waals surface area contributed by atoms with E-state index in [1.807, 2.05) is 37.3 Å². The predicted molar refractivity (Wildman–Crippen MR) is 113 cm³/mol. The van der Waals surface area contributed by atoms with Gasteiger partial charge >= 0.3 is 0 Å². The van der Waals surface area contributed by atoms with E-state index in [9.17, 15) is 9.90 Å². The summed E-state index contributed by atoms with van der Waals surface area (Å²) in [7, 11) is 0. The van der Waals surface area contributed by atoms with Crippen LogP contribution >= 0.6 is 0 Å². The molecule has 146 valence electrons. The Morgan fingerprint density at radius 3 is 2.97 bits per heavy atom. The van der Waals surface area contributed by atoms with Gasteiger partial charge in [-0.1, -0.05) is 12.1 Å². The predicted octanol–water partition coefficient (Wildman–Crippen LogP) is 5.01. The molecule has 0 saturated heterocycles. The number of Topliss-reactive ketones (excluding diaryl/α,β-unsaturated/α-hetero) is 1. The highest BCUT2D eigenvalue weighted by atomic mass is 16.5. The number of benzene rings is 2. The highest BCUT2D eigenvalue weighted by Crippen LogP contribution is 2.48. The van der Waals surface area contributed by atoms with Gasteiger partial charge in [-0.05, 0) is 61.2 Å². The Kier molecular flexibility index (Phi) is 4.23. The van der Waals surface area contributed by atoms with Gasteiger partial charge in [0.15, 0.2) is 17.3 Å². The molecule has 5 nitrogen and oxygen atoms in total. The number of rotatable bonds is 3. The first-order valence-corrected chi connectivity index (χ1v) is 10.0. The third kappa shape index (κ3) is 2.85. The van der Waals surface area contributed by atoms with Crippen molar-refractivity contribution >= 4 is 27.9 Å². The molecule has 0 fully saturated rings. The quantitative estimate of drug-likeness (QED) is 0.662. The fourth-order valence-electron chi connectivity index (χ4n) is 4.52. The van der Waals surface area contributed by atoms with Gasteiger partial charge in [-0.3, -0.25) is 9.78 Å². The number of nitrogens with zero attached hydrogens (tertiary/aromatic N) is 1. The number of carbonyl (C=O) groups excluding carboxylic acids is 1. The molecule has 29 heavy (non-hydrogen) atoms. The molecule has 1 aliphatic heterocycles. The number of hydrogen-bond acceptors (Lipinski definition) is 5. The summed E-state index contributed by atoms with van der Waals surface area (Å²) < 4.78 is 5.57. The SMILES string of the molecule is CCOc1cc([C@@H]2Nc3ccc4ncccc4c3C3=C2C(=O)CCC3)ccc1O. The normalized spacial score (nSPS) is 18.2. The summed E-state index contributed by atoms with van der Waals surface area (Å²) in [5, 5.41) is 14.7. The highest BCUT2D eigenvalue weighted by Gasteiger charge is 2.35. The molecule has 0 saturated carbocycles. The number of pyridine rings is 1.